The van der Waals surface area contributed by atoms with Crippen LogP contribution in [0.1, 0.15) is 0 Å². The van der Waals surface area contributed by atoms with E-state index < -0.39 is 0 Å². The summed E-state index contributed by atoms with van der Waals surface area (Å²) in [6.07, 6.45) is 0. The summed E-state index contributed by atoms with van der Waals surface area (Å²) in [7, 11) is 0. The molecule has 0 aliphatic rings. The lowest BCUT2D eigenvalue weighted by Gasteiger charge is -1.19. The van der Waals surface area contributed by atoms with E-state index in [1.54, 1.807) is 4.75 Å². The minimum Gasteiger partial charge on any atom is -0.107 e. The van der Waals surface area contributed by atoms with Gasteiger partial charge in [0.25, 0.3) is 0 Å². The highest BCUT2D eigenvalue weighted by molar-refractivity contribution is 14.0. The number of rotatable bonds is 0. The first-order valence-corrected chi connectivity index (χ1v) is 0.333. The molecule has 0 N–H and O–H groups in total. The molecule has 0 saturated heterocycles. The summed E-state index contributed by atoms with van der Waals surface area (Å²) in [6, 6.07) is 0. The maximum absolute atomic E-state index is 7.88. The van der Waals surface area contributed by atoms with Gasteiger partial charge in [-0.2, -0.15) is 0 Å². The molecule has 0 radical (unpaired) electrons. The average Bonchev–Trinajstić information content (AvgIpc) is 0.918. The zero-order valence-electron chi connectivity index (χ0n) is 1.63. The minimum atomic E-state index is 0. The third-order valence-corrected chi connectivity index (χ3v) is 0. The summed E-state index contributed by atoms with van der Waals surface area (Å²) in [5.74, 6) is 0. The van der Waals surface area contributed by atoms with E-state index in [0.717, 1.165) is 0 Å². The molecule has 4 heteroatoms. The fourth-order valence-electron chi connectivity index (χ4n) is 0. The maximum atomic E-state index is 7.88. The monoisotopic (exact) mass is 176 g/mol. The van der Waals surface area contributed by atoms with Crippen molar-refractivity contribution >= 4 is 24.0 Å². The van der Waals surface area contributed by atoms with Crippen LogP contribution in [-0.4, -0.2) is 0 Å². The van der Waals surface area contributed by atoms with Crippen molar-refractivity contribution in [2.75, 3.05) is 0 Å². The van der Waals surface area contributed by atoms with Gasteiger partial charge in [-0.3, -0.25) is 0 Å². The molecule has 4 heavy (non-hydrogen) atoms. The molecule has 26 valence electrons. The lowest BCUT2D eigenvalue weighted by Crippen LogP contribution is -1.82. The topological polar surface area (TPSA) is 51.4 Å². The molecule has 3 nitrogen and oxygen atoms in total. The third-order valence-electron chi connectivity index (χ3n) is 0. The molecule has 0 rings (SSSR count). The van der Waals surface area contributed by atoms with E-state index in [-0.39, 0.29) is 24.0 Å². The Balaban J connectivity index is 0. The van der Waals surface area contributed by atoms with E-state index in [0.29, 0.717) is 0 Å². The molecular weight excluding hydrogens is 175 g/mol. The van der Waals surface area contributed by atoms with Gasteiger partial charge in [-0.1, -0.05) is 10.2 Å². The quantitative estimate of drug-likeness (QED) is 0.216. The first-order chi connectivity index (χ1) is 1.41. The van der Waals surface area contributed by atoms with Crippen molar-refractivity contribution in [2.24, 2.45) is 0 Å². The van der Waals surface area contributed by atoms with Crippen LogP contribution in [0.2, 0.25) is 0 Å². The van der Waals surface area contributed by atoms with Gasteiger partial charge >= 0.3 is 0 Å². The Kier molecular flexibility index (Phi) is 24.8. The predicted molar refractivity (Wildman–Crippen MR) is 22.1 cm³/mol. The zero-order chi connectivity index (χ0) is 2.71. The summed E-state index contributed by atoms with van der Waals surface area (Å²) >= 11 is 0. The highest BCUT2D eigenvalue weighted by Crippen LogP contribution is 1.00. The number of hydrogen-bond acceptors (Lipinski definition) is 2. The van der Waals surface area contributed by atoms with Crippen molar-refractivity contribution in [2.45, 2.75) is 0 Å². The fourth-order valence-corrected chi connectivity index (χ4v) is 0. The van der Waals surface area contributed by atoms with Crippen LogP contribution in [0, 0.1) is 9.71 Å². The van der Waals surface area contributed by atoms with Gasteiger partial charge in [0, 0.05) is 0 Å². The van der Waals surface area contributed by atoms with Crippen molar-refractivity contribution in [3.63, 3.8) is 0 Å². The second kappa shape index (κ2) is 11.1. The van der Waals surface area contributed by atoms with Gasteiger partial charge in [-0.05, 0) is 0 Å². The molecule has 0 aliphatic carbocycles. The van der Waals surface area contributed by atoms with Gasteiger partial charge in [0.05, 0.1) is 0 Å². The molecule has 0 unspecified atom stereocenters. The lowest BCUT2D eigenvalue weighted by atomic mass is 14.8. The average molecular weight is 176 g/mol. The molecule has 0 bridgehead atoms. The van der Waals surface area contributed by atoms with Crippen molar-refractivity contribution < 1.29 is 5.26 Å². The van der Waals surface area contributed by atoms with Crippen LogP contribution < -0.4 is 5.26 Å². The molecule has 0 amide bonds. The van der Waals surface area contributed by atoms with Crippen molar-refractivity contribution in [1.82, 2.24) is 0 Å². The van der Waals surface area contributed by atoms with Crippen LogP contribution in [0.3, 0.4) is 0 Å². The molecule has 0 aliphatic heterocycles. The molecular formula is HIO3. The van der Waals surface area contributed by atoms with E-state index in [9.17, 15) is 0 Å². The van der Waals surface area contributed by atoms with Gasteiger partial charge in [0.1, 0.15) is 0 Å². The second-order valence-electron chi connectivity index (χ2n) is 0.0680. The van der Waals surface area contributed by atoms with E-state index in [1.807, 2.05) is 0 Å². The highest BCUT2D eigenvalue weighted by atomic mass is 127. The zero-order valence-corrected chi connectivity index (χ0v) is 3.96. The predicted octanol–water partition coefficient (Wildman–Crippen LogP) is -0.504. The molecule has 0 spiro atoms. The van der Waals surface area contributed by atoms with Gasteiger partial charge in [-0.15, -0.1) is 24.0 Å². The lowest BCUT2D eigenvalue weighted by molar-refractivity contribution is -0.284. The highest BCUT2D eigenvalue weighted by Gasteiger charge is 1.27. The Morgan fingerprint density at radius 1 is 1.75 bits per heavy atom. The fraction of sp³-hybridized carbons (Fsp3) is 0. The molecule has 0 aromatic heterocycles. The molecule has 0 fully saturated rings. The summed E-state index contributed by atoms with van der Waals surface area (Å²) in [6.45, 7) is 0. The van der Waals surface area contributed by atoms with E-state index in [1.165, 1.54) is 0 Å². The van der Waals surface area contributed by atoms with Crippen molar-refractivity contribution in [1.29, 1.82) is 0 Å². The van der Waals surface area contributed by atoms with E-state index in [2.05, 4.69) is 0 Å². The van der Waals surface area contributed by atoms with E-state index in [4.69, 9.17) is 10.2 Å². The van der Waals surface area contributed by atoms with Crippen LogP contribution in [0.5, 0.6) is 0 Å². The van der Waals surface area contributed by atoms with Gasteiger partial charge in [0.15, 0.2) is 4.75 Å². The first-order valence-electron chi connectivity index (χ1n) is 0.333. The molecule has 0 saturated carbocycles. The largest absolute Gasteiger partial charge is 0.154 e. The first kappa shape index (κ1) is 8.92. The Morgan fingerprint density at radius 2 is 1.75 bits per heavy atom. The van der Waals surface area contributed by atoms with Crippen LogP contribution in [-0.2, 0) is 0 Å². The maximum Gasteiger partial charge on any atom is 0.154 e. The molecule has 0 aromatic rings. The third kappa shape index (κ3) is 161. The smallest absolute Gasteiger partial charge is 0.107 e. The molecule has 0 aromatic carbocycles. The Hall–Kier alpha value is 0.130. The van der Waals surface area contributed by atoms with Crippen molar-refractivity contribution in [3.8, 4) is 0 Å². The van der Waals surface area contributed by atoms with Gasteiger partial charge < -0.3 is 0 Å². The number of hydrogen-bond donors (Lipinski definition) is 0. The van der Waals surface area contributed by atoms with Gasteiger partial charge in [0.2, 0.25) is 0 Å². The Morgan fingerprint density at radius 3 is 1.75 bits per heavy atom. The number of halogens is 1. The minimum absolute atomic E-state index is 0. The van der Waals surface area contributed by atoms with Crippen LogP contribution >= 0.6 is 24.0 Å². The SMILES string of the molecule is I.O=[O+][O-]. The normalized spacial score (nSPS) is 3.00. The Labute approximate surface area is 39.5 Å². The van der Waals surface area contributed by atoms with Crippen LogP contribution in [0.15, 0.2) is 0 Å². The van der Waals surface area contributed by atoms with Crippen LogP contribution in [0.25, 0.3) is 0 Å². The summed E-state index contributed by atoms with van der Waals surface area (Å²) in [5.41, 5.74) is 0. The van der Waals surface area contributed by atoms with E-state index >= 15 is 0 Å². The summed E-state index contributed by atoms with van der Waals surface area (Å²) in [4.78, 5) is 7.88. The summed E-state index contributed by atoms with van der Waals surface area (Å²) in [5, 5.41) is 7.88. The van der Waals surface area contributed by atoms with Gasteiger partial charge in [-0.25, -0.2) is 0 Å². The summed E-state index contributed by atoms with van der Waals surface area (Å²) < 4.78 is 1.75. The second-order valence-corrected chi connectivity index (χ2v) is 0.0680. The van der Waals surface area contributed by atoms with Crippen molar-refractivity contribution in [3.05, 3.63) is 9.71 Å². The molecule has 0 heterocycles. The standard InChI is InChI=1S/HI.O3/c;1-3-2/h1H;. The molecule has 0 atom stereocenters. The Bertz CT molecular complexity index is 10.8. The van der Waals surface area contributed by atoms with Crippen LogP contribution in [0.4, 0.5) is 0 Å².